The van der Waals surface area contributed by atoms with E-state index in [0.717, 1.165) is 57.8 Å². The number of ether oxygens (including phenoxy) is 2. The van der Waals surface area contributed by atoms with Gasteiger partial charge in [0, 0.05) is 6.42 Å². The van der Waals surface area contributed by atoms with Crippen molar-refractivity contribution in [2.75, 3.05) is 54.1 Å². The zero-order valence-electron chi connectivity index (χ0n) is 39.9. The number of carbonyl (C=O) groups excluding carboxylic acids is 1. The average molecular weight is 875 g/mol. The van der Waals surface area contributed by atoms with Crippen LogP contribution in [0.1, 0.15) is 181 Å². The van der Waals surface area contributed by atoms with Gasteiger partial charge in [-0.05, 0) is 77.0 Å². The zero-order valence-corrected chi connectivity index (χ0v) is 40.8. The molecule has 0 amide bonds. The van der Waals surface area contributed by atoms with Crippen molar-refractivity contribution in [1.29, 1.82) is 0 Å². The maximum Gasteiger partial charge on any atom is 0.472 e. The minimum Gasteiger partial charge on any atom is -0.457 e. The van der Waals surface area contributed by atoms with Crippen molar-refractivity contribution >= 4 is 13.8 Å². The number of hydrogen-bond acceptors (Lipinski definition) is 6. The molecule has 0 aliphatic heterocycles. The summed E-state index contributed by atoms with van der Waals surface area (Å²) < 4.78 is 34.9. The van der Waals surface area contributed by atoms with Gasteiger partial charge in [0.25, 0.3) is 0 Å². The third-order valence-electron chi connectivity index (χ3n) is 9.96. The van der Waals surface area contributed by atoms with Crippen LogP contribution < -0.4 is 0 Å². The van der Waals surface area contributed by atoms with Crippen LogP contribution in [-0.2, 0) is 27.9 Å². The topological polar surface area (TPSA) is 91.3 Å². The van der Waals surface area contributed by atoms with Crippen LogP contribution in [0.15, 0.2) is 85.1 Å². The smallest absolute Gasteiger partial charge is 0.457 e. The fourth-order valence-electron chi connectivity index (χ4n) is 6.24. The number of phosphoric acid groups is 1. The molecular weight excluding hydrogens is 782 g/mol. The zero-order chi connectivity index (χ0) is 44.8. The van der Waals surface area contributed by atoms with Crippen LogP contribution in [-0.4, -0.2) is 75.6 Å². The summed E-state index contributed by atoms with van der Waals surface area (Å²) in [6.07, 6.45) is 59.4. The average Bonchev–Trinajstić information content (AvgIpc) is 3.22. The van der Waals surface area contributed by atoms with Crippen LogP contribution in [0.5, 0.6) is 0 Å². The van der Waals surface area contributed by atoms with Gasteiger partial charge in [0.1, 0.15) is 19.3 Å². The molecule has 0 bridgehead atoms. The van der Waals surface area contributed by atoms with Crippen molar-refractivity contribution in [3.63, 3.8) is 0 Å². The number of likely N-dealkylation sites (N-methyl/N-ethyl adjacent to an activating group) is 1. The minimum absolute atomic E-state index is 0.0709. The molecule has 2 unspecified atom stereocenters. The van der Waals surface area contributed by atoms with Crippen molar-refractivity contribution in [3.8, 4) is 0 Å². The second-order valence-corrected chi connectivity index (χ2v) is 18.6. The van der Waals surface area contributed by atoms with E-state index in [2.05, 4.69) is 98.9 Å². The van der Waals surface area contributed by atoms with E-state index in [9.17, 15) is 14.3 Å². The lowest BCUT2D eigenvalue weighted by Crippen LogP contribution is -2.37. The van der Waals surface area contributed by atoms with Gasteiger partial charge in [-0.15, -0.1) is 0 Å². The molecule has 0 aliphatic rings. The lowest BCUT2D eigenvalue weighted by molar-refractivity contribution is -0.870. The molecule has 61 heavy (non-hydrogen) atoms. The highest BCUT2D eigenvalue weighted by atomic mass is 31.2. The highest BCUT2D eigenvalue weighted by molar-refractivity contribution is 7.47. The van der Waals surface area contributed by atoms with Crippen LogP contribution in [0.25, 0.3) is 0 Å². The summed E-state index contributed by atoms with van der Waals surface area (Å²) in [6, 6.07) is 0. The number of rotatable bonds is 44. The Bertz CT molecular complexity index is 1250. The molecule has 0 aromatic heterocycles. The largest absolute Gasteiger partial charge is 0.472 e. The van der Waals surface area contributed by atoms with Crippen molar-refractivity contribution in [1.82, 2.24) is 0 Å². The standard InChI is InChI=1S/C52H92NO7P/c1-6-8-10-12-14-16-18-20-22-24-25-26-27-28-29-30-31-33-35-37-39-41-43-45-52(54)60-51(50-59-61(55,56)58-48-46-53(3,4)5)49-57-47-44-42-40-38-36-34-32-23-21-19-17-15-13-11-9-7-2/h9,11,15,17-18,20-21,23-25,34,36,40,42,51H,6-8,10,12-14,16,19,22,26-33,35,37-39,41,43-50H2,1-5H3/p+1/b11-9-,17-15-,20-18-,23-21-,25-24-,36-34-,42-40-. The van der Waals surface area contributed by atoms with E-state index in [0.29, 0.717) is 30.5 Å². The predicted octanol–water partition coefficient (Wildman–Crippen LogP) is 14.8. The first-order chi connectivity index (χ1) is 29.6. The summed E-state index contributed by atoms with van der Waals surface area (Å²) in [5, 5.41) is 0. The number of quaternary nitrogens is 1. The van der Waals surface area contributed by atoms with Gasteiger partial charge in [-0.3, -0.25) is 13.8 Å². The molecule has 0 aliphatic carbocycles. The van der Waals surface area contributed by atoms with E-state index in [1.807, 2.05) is 21.1 Å². The van der Waals surface area contributed by atoms with Gasteiger partial charge in [-0.2, -0.15) is 0 Å². The Morgan fingerprint density at radius 2 is 0.951 bits per heavy atom. The van der Waals surface area contributed by atoms with Crippen molar-refractivity contribution in [2.24, 2.45) is 0 Å². The van der Waals surface area contributed by atoms with E-state index in [4.69, 9.17) is 18.5 Å². The Hall–Kier alpha value is -2.32. The fraction of sp³-hybridized carbons (Fsp3) is 0.712. The Morgan fingerprint density at radius 1 is 0.525 bits per heavy atom. The van der Waals surface area contributed by atoms with Crippen LogP contribution in [0.4, 0.5) is 0 Å². The predicted molar refractivity (Wildman–Crippen MR) is 261 cm³/mol. The lowest BCUT2D eigenvalue weighted by atomic mass is 10.0. The summed E-state index contributed by atoms with van der Waals surface area (Å²) in [6.45, 7) is 5.26. The van der Waals surface area contributed by atoms with E-state index in [1.54, 1.807) is 0 Å². The highest BCUT2D eigenvalue weighted by Crippen LogP contribution is 2.43. The normalized spacial score (nSPS) is 14.4. The summed E-state index contributed by atoms with van der Waals surface area (Å²) in [5.74, 6) is -0.343. The van der Waals surface area contributed by atoms with E-state index in [-0.39, 0.29) is 25.8 Å². The van der Waals surface area contributed by atoms with E-state index < -0.39 is 13.9 Å². The van der Waals surface area contributed by atoms with Gasteiger partial charge in [0.15, 0.2) is 0 Å². The first kappa shape index (κ1) is 58.7. The van der Waals surface area contributed by atoms with Gasteiger partial charge in [-0.1, -0.05) is 182 Å². The molecule has 0 heterocycles. The molecule has 2 atom stereocenters. The second-order valence-electron chi connectivity index (χ2n) is 17.1. The molecule has 9 heteroatoms. The van der Waals surface area contributed by atoms with Crippen LogP contribution in [0.3, 0.4) is 0 Å². The molecule has 0 fully saturated rings. The second kappa shape index (κ2) is 44.3. The third-order valence-corrected chi connectivity index (χ3v) is 10.9. The molecule has 1 N–H and O–H groups in total. The van der Waals surface area contributed by atoms with Gasteiger partial charge < -0.3 is 18.9 Å². The first-order valence-corrected chi connectivity index (χ1v) is 25.8. The Balaban J connectivity index is 4.25. The summed E-state index contributed by atoms with van der Waals surface area (Å²) >= 11 is 0. The summed E-state index contributed by atoms with van der Waals surface area (Å²) in [7, 11) is 1.61. The molecule has 0 radical (unpaired) electrons. The Morgan fingerprint density at radius 3 is 1.43 bits per heavy atom. The molecule has 0 aromatic carbocycles. The van der Waals surface area contributed by atoms with Crippen molar-refractivity contribution in [2.45, 2.75) is 187 Å². The van der Waals surface area contributed by atoms with Gasteiger partial charge in [0.2, 0.25) is 0 Å². The van der Waals surface area contributed by atoms with Crippen molar-refractivity contribution < 1.29 is 37.3 Å². The summed E-state index contributed by atoms with van der Waals surface area (Å²) in [4.78, 5) is 23.0. The van der Waals surface area contributed by atoms with Gasteiger partial charge >= 0.3 is 13.8 Å². The van der Waals surface area contributed by atoms with Gasteiger partial charge in [-0.25, -0.2) is 4.57 Å². The molecule has 0 spiro atoms. The maximum atomic E-state index is 12.7. The number of esters is 1. The molecular formula is C52H93NO7P+. The molecule has 0 saturated carbocycles. The molecule has 0 aromatic rings. The summed E-state index contributed by atoms with van der Waals surface area (Å²) in [5.41, 5.74) is 0. The molecule has 8 nitrogen and oxygen atoms in total. The SMILES string of the molecule is CC/C=C\C/C=C\C/C=C\C/C=C\C/C=C\CCOCC(COP(=O)(O)OCC[N+](C)(C)C)OC(=O)CCCCCCCCCCCCC/C=C\C/C=C\CCCCCCC. The lowest BCUT2D eigenvalue weighted by Gasteiger charge is -2.24. The van der Waals surface area contributed by atoms with Crippen LogP contribution >= 0.6 is 7.82 Å². The first-order valence-electron chi connectivity index (χ1n) is 24.3. The fourth-order valence-corrected chi connectivity index (χ4v) is 6.98. The van der Waals surface area contributed by atoms with Gasteiger partial charge in [0.05, 0.1) is 41.0 Å². The Labute approximate surface area is 375 Å². The molecule has 352 valence electrons. The minimum atomic E-state index is -4.30. The quantitative estimate of drug-likeness (QED) is 0.0214. The number of phosphoric ester groups is 1. The highest BCUT2D eigenvalue weighted by Gasteiger charge is 2.26. The van der Waals surface area contributed by atoms with Crippen LogP contribution in [0.2, 0.25) is 0 Å². The van der Waals surface area contributed by atoms with E-state index in [1.165, 1.54) is 96.3 Å². The Kier molecular flexibility index (Phi) is 42.6. The number of nitrogens with zero attached hydrogens (tertiary/aromatic N) is 1. The third kappa shape index (κ3) is 48.6. The molecule has 0 saturated heterocycles. The van der Waals surface area contributed by atoms with E-state index >= 15 is 0 Å². The number of allylic oxidation sites excluding steroid dienone is 13. The number of hydrogen-bond donors (Lipinski definition) is 1. The van der Waals surface area contributed by atoms with Crippen LogP contribution in [0, 0.1) is 0 Å². The number of carbonyl (C=O) groups is 1. The number of unbranched alkanes of at least 4 members (excludes halogenated alkanes) is 16. The van der Waals surface area contributed by atoms with Crippen molar-refractivity contribution in [3.05, 3.63) is 85.1 Å². The maximum absolute atomic E-state index is 12.7. The monoisotopic (exact) mass is 875 g/mol. The molecule has 0 rings (SSSR count).